The average molecular weight is 199 g/mol. The third-order valence-electron chi connectivity index (χ3n) is 2.89. The standard InChI is InChI=1S/C10H21N3O/c1-11-10(14)13(2)8-5-9-3-6-12-7-4-9/h9,12H,3-8H2,1-2H3,(H,11,14). The van der Waals surface area contributed by atoms with E-state index in [1.807, 2.05) is 7.05 Å². The smallest absolute Gasteiger partial charge is 0.316 e. The van der Waals surface area contributed by atoms with Crippen LogP contribution in [0.1, 0.15) is 19.3 Å². The summed E-state index contributed by atoms with van der Waals surface area (Å²) in [6, 6.07) is 0.0129. The second-order valence-corrected chi connectivity index (χ2v) is 3.96. The van der Waals surface area contributed by atoms with E-state index in [0.717, 1.165) is 32.0 Å². The second kappa shape index (κ2) is 5.86. The Morgan fingerprint density at radius 3 is 2.71 bits per heavy atom. The van der Waals surface area contributed by atoms with E-state index in [4.69, 9.17) is 0 Å². The minimum absolute atomic E-state index is 0.0129. The number of urea groups is 1. The SMILES string of the molecule is CNC(=O)N(C)CCC1CCNCC1. The molecule has 0 atom stereocenters. The van der Waals surface area contributed by atoms with Crippen molar-refractivity contribution in [2.24, 2.45) is 5.92 Å². The van der Waals surface area contributed by atoms with Crippen LogP contribution >= 0.6 is 0 Å². The Labute approximate surface area is 86.0 Å². The Balaban J connectivity index is 2.15. The lowest BCUT2D eigenvalue weighted by Crippen LogP contribution is -2.37. The average Bonchev–Trinajstić information content (AvgIpc) is 2.26. The van der Waals surface area contributed by atoms with Crippen molar-refractivity contribution in [2.45, 2.75) is 19.3 Å². The first kappa shape index (κ1) is 11.3. The maximum absolute atomic E-state index is 11.2. The van der Waals surface area contributed by atoms with Crippen molar-refractivity contribution >= 4 is 6.03 Å². The normalized spacial score (nSPS) is 17.9. The predicted molar refractivity (Wildman–Crippen MR) is 57.3 cm³/mol. The molecule has 1 fully saturated rings. The molecular formula is C10H21N3O. The summed E-state index contributed by atoms with van der Waals surface area (Å²) in [5.41, 5.74) is 0. The first-order valence-corrected chi connectivity index (χ1v) is 5.37. The van der Waals surface area contributed by atoms with Gasteiger partial charge in [-0.15, -0.1) is 0 Å². The van der Waals surface area contributed by atoms with E-state index in [-0.39, 0.29) is 6.03 Å². The molecule has 1 heterocycles. The van der Waals surface area contributed by atoms with Crippen LogP contribution in [0.15, 0.2) is 0 Å². The van der Waals surface area contributed by atoms with E-state index < -0.39 is 0 Å². The van der Waals surface area contributed by atoms with E-state index in [1.165, 1.54) is 12.8 Å². The van der Waals surface area contributed by atoms with Gasteiger partial charge in [-0.3, -0.25) is 0 Å². The highest BCUT2D eigenvalue weighted by Gasteiger charge is 2.14. The summed E-state index contributed by atoms with van der Waals surface area (Å²) in [5, 5.41) is 5.97. The fourth-order valence-electron chi connectivity index (χ4n) is 1.84. The molecule has 4 nitrogen and oxygen atoms in total. The Morgan fingerprint density at radius 2 is 2.14 bits per heavy atom. The van der Waals surface area contributed by atoms with Crippen molar-refractivity contribution in [3.63, 3.8) is 0 Å². The molecule has 0 radical (unpaired) electrons. The number of nitrogens with one attached hydrogen (secondary N) is 2. The van der Waals surface area contributed by atoms with Crippen LogP contribution in [-0.2, 0) is 0 Å². The molecule has 0 saturated carbocycles. The number of amides is 2. The zero-order chi connectivity index (χ0) is 10.4. The van der Waals surface area contributed by atoms with Gasteiger partial charge in [-0.1, -0.05) is 0 Å². The summed E-state index contributed by atoms with van der Waals surface area (Å²) in [6.07, 6.45) is 3.63. The maximum atomic E-state index is 11.2. The Hall–Kier alpha value is -0.770. The van der Waals surface area contributed by atoms with Crippen LogP contribution < -0.4 is 10.6 Å². The van der Waals surface area contributed by atoms with E-state index >= 15 is 0 Å². The quantitative estimate of drug-likeness (QED) is 0.701. The monoisotopic (exact) mass is 199 g/mol. The minimum atomic E-state index is 0.0129. The highest BCUT2D eigenvalue weighted by atomic mass is 16.2. The first-order valence-electron chi connectivity index (χ1n) is 5.37. The number of carbonyl (C=O) groups excluding carboxylic acids is 1. The van der Waals surface area contributed by atoms with Crippen LogP contribution in [0.4, 0.5) is 4.79 Å². The van der Waals surface area contributed by atoms with Gasteiger partial charge in [0.25, 0.3) is 0 Å². The van der Waals surface area contributed by atoms with Crippen molar-refractivity contribution in [2.75, 3.05) is 33.7 Å². The van der Waals surface area contributed by atoms with Gasteiger partial charge in [0.2, 0.25) is 0 Å². The van der Waals surface area contributed by atoms with Crippen molar-refractivity contribution in [3.05, 3.63) is 0 Å². The molecule has 2 amide bonds. The van der Waals surface area contributed by atoms with Crippen LogP contribution in [0.3, 0.4) is 0 Å². The van der Waals surface area contributed by atoms with Crippen LogP contribution in [0, 0.1) is 5.92 Å². The van der Waals surface area contributed by atoms with E-state index in [2.05, 4.69) is 10.6 Å². The van der Waals surface area contributed by atoms with Crippen LogP contribution in [-0.4, -0.2) is 44.7 Å². The summed E-state index contributed by atoms with van der Waals surface area (Å²) in [4.78, 5) is 12.9. The zero-order valence-corrected chi connectivity index (χ0v) is 9.18. The summed E-state index contributed by atoms with van der Waals surface area (Å²) in [7, 11) is 3.52. The van der Waals surface area contributed by atoms with Crippen LogP contribution in [0.5, 0.6) is 0 Å². The van der Waals surface area contributed by atoms with Gasteiger partial charge in [0.05, 0.1) is 0 Å². The van der Waals surface area contributed by atoms with Crippen molar-refractivity contribution in [3.8, 4) is 0 Å². The van der Waals surface area contributed by atoms with Gasteiger partial charge in [0.1, 0.15) is 0 Å². The van der Waals surface area contributed by atoms with Gasteiger partial charge in [0.15, 0.2) is 0 Å². The Bertz CT molecular complexity index is 178. The number of hydrogen-bond donors (Lipinski definition) is 2. The number of carbonyl (C=O) groups is 1. The minimum Gasteiger partial charge on any atom is -0.341 e. The van der Waals surface area contributed by atoms with Gasteiger partial charge >= 0.3 is 6.03 Å². The lowest BCUT2D eigenvalue weighted by molar-refractivity contribution is 0.205. The highest BCUT2D eigenvalue weighted by Crippen LogP contribution is 2.15. The third kappa shape index (κ3) is 3.54. The zero-order valence-electron chi connectivity index (χ0n) is 9.18. The molecule has 0 aliphatic carbocycles. The van der Waals surface area contributed by atoms with Crippen molar-refractivity contribution < 1.29 is 4.79 Å². The molecule has 0 aromatic carbocycles. The molecule has 0 unspecified atom stereocenters. The summed E-state index contributed by atoms with van der Waals surface area (Å²) in [5.74, 6) is 0.795. The lowest BCUT2D eigenvalue weighted by Gasteiger charge is -2.25. The molecule has 4 heteroatoms. The number of nitrogens with zero attached hydrogens (tertiary/aromatic N) is 1. The molecule has 2 N–H and O–H groups in total. The molecule has 82 valence electrons. The topological polar surface area (TPSA) is 44.4 Å². The number of piperidine rings is 1. The molecule has 1 saturated heterocycles. The van der Waals surface area contributed by atoms with E-state index in [1.54, 1.807) is 11.9 Å². The fourth-order valence-corrected chi connectivity index (χ4v) is 1.84. The first-order chi connectivity index (χ1) is 6.74. The molecular weight excluding hydrogens is 178 g/mol. The maximum Gasteiger partial charge on any atom is 0.316 e. The van der Waals surface area contributed by atoms with Gasteiger partial charge in [-0.25, -0.2) is 4.79 Å². The van der Waals surface area contributed by atoms with Crippen LogP contribution in [0.2, 0.25) is 0 Å². The predicted octanol–water partition coefficient (Wildman–Crippen LogP) is 0.647. The van der Waals surface area contributed by atoms with E-state index in [0.29, 0.717) is 0 Å². The third-order valence-corrected chi connectivity index (χ3v) is 2.89. The fraction of sp³-hybridized carbons (Fsp3) is 0.900. The number of hydrogen-bond acceptors (Lipinski definition) is 2. The summed E-state index contributed by atoms with van der Waals surface area (Å²) in [6.45, 7) is 3.13. The lowest BCUT2D eigenvalue weighted by atomic mass is 9.94. The van der Waals surface area contributed by atoms with Gasteiger partial charge in [-0.2, -0.15) is 0 Å². The van der Waals surface area contributed by atoms with E-state index in [9.17, 15) is 4.79 Å². The molecule has 0 spiro atoms. The molecule has 1 aliphatic rings. The molecule has 14 heavy (non-hydrogen) atoms. The van der Waals surface area contributed by atoms with Crippen molar-refractivity contribution in [1.82, 2.24) is 15.5 Å². The Kier molecular flexibility index (Phi) is 4.73. The van der Waals surface area contributed by atoms with Gasteiger partial charge < -0.3 is 15.5 Å². The molecule has 0 aromatic rings. The highest BCUT2D eigenvalue weighted by molar-refractivity contribution is 5.73. The molecule has 0 aromatic heterocycles. The molecule has 1 rings (SSSR count). The molecule has 0 bridgehead atoms. The number of rotatable bonds is 3. The Morgan fingerprint density at radius 1 is 1.50 bits per heavy atom. The van der Waals surface area contributed by atoms with Crippen molar-refractivity contribution in [1.29, 1.82) is 0 Å². The van der Waals surface area contributed by atoms with Gasteiger partial charge in [0, 0.05) is 20.6 Å². The van der Waals surface area contributed by atoms with Crippen LogP contribution in [0.25, 0.3) is 0 Å². The second-order valence-electron chi connectivity index (χ2n) is 3.96. The summed E-state index contributed by atoms with van der Waals surface area (Å²) >= 11 is 0. The summed E-state index contributed by atoms with van der Waals surface area (Å²) < 4.78 is 0. The largest absolute Gasteiger partial charge is 0.341 e. The molecule has 1 aliphatic heterocycles. The van der Waals surface area contributed by atoms with Gasteiger partial charge in [-0.05, 0) is 38.3 Å².